The van der Waals surface area contributed by atoms with Gasteiger partial charge in [0.05, 0.1) is 31.1 Å². The minimum absolute atomic E-state index is 0.159. The van der Waals surface area contributed by atoms with Crippen LogP contribution in [0, 0.1) is 0 Å². The van der Waals surface area contributed by atoms with Crippen LogP contribution in [0.2, 0.25) is 0 Å². The van der Waals surface area contributed by atoms with Gasteiger partial charge in [0.1, 0.15) is 5.75 Å². The third-order valence-corrected chi connectivity index (χ3v) is 7.22. The summed E-state index contributed by atoms with van der Waals surface area (Å²) in [5.41, 5.74) is 5.11. The van der Waals surface area contributed by atoms with E-state index in [2.05, 4.69) is 50.0 Å². The van der Waals surface area contributed by atoms with Gasteiger partial charge < -0.3 is 30.3 Å². The zero-order valence-corrected chi connectivity index (χ0v) is 22.9. The molecule has 3 aromatic carbocycles. The van der Waals surface area contributed by atoms with Crippen LogP contribution in [0.25, 0.3) is 0 Å². The number of para-hydroxylation sites is 2. The van der Waals surface area contributed by atoms with Crippen molar-refractivity contribution >= 4 is 29.0 Å². The molecule has 3 aromatic rings. The summed E-state index contributed by atoms with van der Waals surface area (Å²) >= 11 is 0. The molecule has 0 spiro atoms. The highest BCUT2D eigenvalue weighted by Crippen LogP contribution is 2.30. The van der Waals surface area contributed by atoms with E-state index >= 15 is 0 Å². The number of morpholine rings is 1. The van der Waals surface area contributed by atoms with Gasteiger partial charge in [-0.2, -0.15) is 0 Å². The summed E-state index contributed by atoms with van der Waals surface area (Å²) in [7, 11) is 0. The molecule has 9 nitrogen and oxygen atoms in total. The van der Waals surface area contributed by atoms with Crippen LogP contribution in [0.1, 0.15) is 28.4 Å². The molecule has 2 aliphatic rings. The van der Waals surface area contributed by atoms with Crippen LogP contribution in [-0.2, 0) is 17.7 Å². The predicted molar refractivity (Wildman–Crippen MR) is 157 cm³/mol. The van der Waals surface area contributed by atoms with Crippen molar-refractivity contribution in [2.75, 3.05) is 68.1 Å². The van der Waals surface area contributed by atoms with Crippen molar-refractivity contribution < 1.29 is 19.1 Å². The lowest BCUT2D eigenvalue weighted by Crippen LogP contribution is -2.41. The first-order chi connectivity index (χ1) is 19.6. The Morgan fingerprint density at radius 1 is 0.925 bits per heavy atom. The summed E-state index contributed by atoms with van der Waals surface area (Å²) in [4.78, 5) is 30.9. The summed E-state index contributed by atoms with van der Waals surface area (Å²) in [6, 6.07) is 20.8. The van der Waals surface area contributed by atoms with E-state index in [0.29, 0.717) is 35.8 Å². The van der Waals surface area contributed by atoms with Gasteiger partial charge in [0.15, 0.2) is 0 Å². The molecule has 1 saturated heterocycles. The van der Waals surface area contributed by atoms with E-state index in [-0.39, 0.29) is 5.91 Å². The molecule has 9 heteroatoms. The number of benzene rings is 3. The van der Waals surface area contributed by atoms with Gasteiger partial charge >= 0.3 is 6.03 Å². The second-order valence-electron chi connectivity index (χ2n) is 9.89. The van der Waals surface area contributed by atoms with Gasteiger partial charge in [0, 0.05) is 50.6 Å². The van der Waals surface area contributed by atoms with Crippen LogP contribution in [-0.4, -0.2) is 69.4 Å². The molecule has 0 aliphatic carbocycles. The number of amides is 3. The standard InChI is InChI=1S/C31H37N5O4/c1-2-40-29-10-6-5-9-27(29)34-31(38)33-25-11-12-28(36-15-13-23-7-3-4-8-24(23)22-36)26(21-25)30(37)32-14-16-35-17-19-39-20-18-35/h3-12,21H,2,13-20,22H2,1H3,(H,32,37)(H2,33,34,38). The molecule has 3 N–H and O–H groups in total. The van der Waals surface area contributed by atoms with Gasteiger partial charge in [-0.25, -0.2) is 4.79 Å². The fourth-order valence-electron chi connectivity index (χ4n) is 5.16. The Balaban J connectivity index is 1.32. The Labute approximate surface area is 235 Å². The third-order valence-electron chi connectivity index (χ3n) is 7.22. The molecule has 5 rings (SSSR count). The molecule has 2 heterocycles. The average Bonchev–Trinajstić information content (AvgIpc) is 2.98. The summed E-state index contributed by atoms with van der Waals surface area (Å²) in [5, 5.41) is 8.83. The van der Waals surface area contributed by atoms with Gasteiger partial charge in [-0.1, -0.05) is 36.4 Å². The first kappa shape index (κ1) is 27.5. The number of nitrogens with one attached hydrogen (secondary N) is 3. The number of hydrogen-bond donors (Lipinski definition) is 3. The number of hydrogen-bond acceptors (Lipinski definition) is 6. The average molecular weight is 544 g/mol. The second kappa shape index (κ2) is 13.3. The van der Waals surface area contributed by atoms with E-state index in [9.17, 15) is 9.59 Å². The van der Waals surface area contributed by atoms with Crippen LogP contribution in [0.3, 0.4) is 0 Å². The number of ether oxygens (including phenoxy) is 2. The molecule has 0 saturated carbocycles. The maximum absolute atomic E-state index is 13.5. The topological polar surface area (TPSA) is 95.2 Å². The molecule has 0 aromatic heterocycles. The summed E-state index contributed by atoms with van der Waals surface area (Å²) in [5.74, 6) is 0.439. The Morgan fingerprint density at radius 3 is 2.52 bits per heavy atom. The number of fused-ring (bicyclic) bond motifs is 1. The number of nitrogens with zero attached hydrogens (tertiary/aromatic N) is 2. The van der Waals surface area contributed by atoms with E-state index in [4.69, 9.17) is 9.47 Å². The van der Waals surface area contributed by atoms with Crippen molar-refractivity contribution in [3.8, 4) is 5.75 Å². The predicted octanol–water partition coefficient (Wildman–Crippen LogP) is 4.35. The van der Waals surface area contributed by atoms with Crippen molar-refractivity contribution in [1.29, 1.82) is 0 Å². The van der Waals surface area contributed by atoms with E-state index in [1.165, 1.54) is 11.1 Å². The van der Waals surface area contributed by atoms with Crippen molar-refractivity contribution in [2.24, 2.45) is 0 Å². The lowest BCUT2D eigenvalue weighted by atomic mass is 9.98. The maximum Gasteiger partial charge on any atom is 0.323 e. The normalized spacial score (nSPS) is 15.2. The van der Waals surface area contributed by atoms with Gasteiger partial charge in [-0.05, 0) is 54.8 Å². The quantitative estimate of drug-likeness (QED) is 0.371. The molecule has 2 aliphatic heterocycles. The van der Waals surface area contributed by atoms with Gasteiger partial charge in [-0.15, -0.1) is 0 Å². The lowest BCUT2D eigenvalue weighted by molar-refractivity contribution is 0.0383. The van der Waals surface area contributed by atoms with Gasteiger partial charge in [-0.3, -0.25) is 9.69 Å². The first-order valence-electron chi connectivity index (χ1n) is 13.9. The summed E-state index contributed by atoms with van der Waals surface area (Å²) < 4.78 is 11.0. The zero-order valence-electron chi connectivity index (χ0n) is 22.9. The lowest BCUT2D eigenvalue weighted by Gasteiger charge is -2.32. The van der Waals surface area contributed by atoms with Crippen LogP contribution in [0.5, 0.6) is 5.75 Å². The molecule has 0 bridgehead atoms. The summed E-state index contributed by atoms with van der Waals surface area (Å²) in [6.07, 6.45) is 0.913. The fraction of sp³-hybridized carbons (Fsp3) is 0.355. The Hall–Kier alpha value is -4.08. The van der Waals surface area contributed by atoms with Crippen molar-refractivity contribution in [3.05, 3.63) is 83.4 Å². The molecule has 40 heavy (non-hydrogen) atoms. The van der Waals surface area contributed by atoms with Crippen LogP contribution < -0.4 is 25.6 Å². The van der Waals surface area contributed by atoms with Crippen LogP contribution >= 0.6 is 0 Å². The molecular weight excluding hydrogens is 506 g/mol. The molecule has 0 radical (unpaired) electrons. The molecule has 0 unspecified atom stereocenters. The van der Waals surface area contributed by atoms with Crippen molar-refractivity contribution in [3.63, 3.8) is 0 Å². The minimum Gasteiger partial charge on any atom is -0.492 e. The van der Waals surface area contributed by atoms with E-state index in [1.54, 1.807) is 12.1 Å². The number of carbonyl (C=O) groups is 2. The van der Waals surface area contributed by atoms with Gasteiger partial charge in [0.25, 0.3) is 5.91 Å². The maximum atomic E-state index is 13.5. The fourth-order valence-corrected chi connectivity index (χ4v) is 5.16. The zero-order chi connectivity index (χ0) is 27.7. The monoisotopic (exact) mass is 543 g/mol. The largest absolute Gasteiger partial charge is 0.492 e. The van der Waals surface area contributed by atoms with E-state index in [1.807, 2.05) is 37.3 Å². The highest BCUT2D eigenvalue weighted by Gasteiger charge is 2.22. The minimum atomic E-state index is -0.412. The molecule has 210 valence electrons. The Bertz CT molecular complexity index is 1320. The van der Waals surface area contributed by atoms with Gasteiger partial charge in [0.2, 0.25) is 0 Å². The number of rotatable bonds is 9. The molecule has 0 atom stereocenters. The smallest absolute Gasteiger partial charge is 0.323 e. The van der Waals surface area contributed by atoms with Crippen molar-refractivity contribution in [2.45, 2.75) is 19.9 Å². The van der Waals surface area contributed by atoms with Crippen LogP contribution in [0.4, 0.5) is 21.9 Å². The van der Waals surface area contributed by atoms with E-state index < -0.39 is 6.03 Å². The number of carbonyl (C=O) groups excluding carboxylic acids is 2. The number of urea groups is 1. The highest BCUT2D eigenvalue weighted by atomic mass is 16.5. The van der Waals surface area contributed by atoms with Crippen molar-refractivity contribution in [1.82, 2.24) is 10.2 Å². The Kier molecular flexibility index (Phi) is 9.15. The van der Waals surface area contributed by atoms with Crippen LogP contribution in [0.15, 0.2) is 66.7 Å². The highest BCUT2D eigenvalue weighted by molar-refractivity contribution is 6.04. The molecule has 1 fully saturated rings. The Morgan fingerprint density at radius 2 is 1.70 bits per heavy atom. The first-order valence-corrected chi connectivity index (χ1v) is 13.9. The number of anilines is 3. The second-order valence-corrected chi connectivity index (χ2v) is 9.89. The molecule has 3 amide bonds. The third kappa shape index (κ3) is 6.91. The SMILES string of the molecule is CCOc1ccccc1NC(=O)Nc1ccc(N2CCc3ccccc3C2)c(C(=O)NCCN2CCOCC2)c1. The molecular formula is C31H37N5O4. The van der Waals surface area contributed by atoms with E-state index in [0.717, 1.165) is 58.0 Å². The summed E-state index contributed by atoms with van der Waals surface area (Å²) in [6.45, 7) is 8.41.